The van der Waals surface area contributed by atoms with E-state index in [1.165, 1.54) is 23.4 Å². The van der Waals surface area contributed by atoms with Crippen LogP contribution in [0.5, 0.6) is 0 Å². The number of hydrogen-bond donors (Lipinski definition) is 0. The van der Waals surface area contributed by atoms with E-state index in [4.69, 9.17) is 0 Å². The summed E-state index contributed by atoms with van der Waals surface area (Å²) in [5.74, 6) is 1.28. The first kappa shape index (κ1) is 18.1. The summed E-state index contributed by atoms with van der Waals surface area (Å²) < 4.78 is 2.50. The molecule has 0 bridgehead atoms. The van der Waals surface area contributed by atoms with Gasteiger partial charge in [-0.2, -0.15) is 0 Å². The quantitative estimate of drug-likeness (QED) is 0.511. The van der Waals surface area contributed by atoms with E-state index in [9.17, 15) is 9.59 Å². The number of fused-ring (bicyclic) bond motifs is 1. The van der Waals surface area contributed by atoms with Crippen molar-refractivity contribution in [2.75, 3.05) is 5.75 Å². The molecule has 0 saturated carbocycles. The Bertz CT molecular complexity index is 1080. The molecule has 2 aromatic heterocycles. The van der Waals surface area contributed by atoms with Gasteiger partial charge in [-0.25, -0.2) is 14.8 Å². The second-order valence-corrected chi connectivity index (χ2v) is 6.84. The lowest BCUT2D eigenvalue weighted by atomic mass is 10.2. The van der Waals surface area contributed by atoms with Gasteiger partial charge >= 0.3 is 5.69 Å². The highest BCUT2D eigenvalue weighted by Crippen LogP contribution is 2.22. The average molecular weight is 368 g/mol. The number of hydrogen-bond acceptors (Lipinski definition) is 5. The van der Waals surface area contributed by atoms with Crippen molar-refractivity contribution < 1.29 is 0 Å². The van der Waals surface area contributed by atoms with Crippen molar-refractivity contribution in [1.82, 2.24) is 19.1 Å². The normalized spacial score (nSPS) is 11.5. The highest BCUT2D eigenvalue weighted by atomic mass is 32.2. The van der Waals surface area contributed by atoms with Gasteiger partial charge in [0.2, 0.25) is 0 Å². The molecule has 134 valence electrons. The van der Waals surface area contributed by atoms with E-state index in [2.05, 4.69) is 9.97 Å². The molecule has 0 amide bonds. The summed E-state index contributed by atoms with van der Waals surface area (Å²) in [6.45, 7) is 1.95. The maximum absolute atomic E-state index is 12.6. The van der Waals surface area contributed by atoms with Crippen LogP contribution in [0.15, 0.2) is 51.0 Å². The van der Waals surface area contributed by atoms with Gasteiger partial charge < -0.3 is 0 Å². The molecule has 0 N–H and O–H groups in total. The number of thioether (sulfide) groups is 1. The average Bonchev–Trinajstić information content (AvgIpc) is 2.68. The van der Waals surface area contributed by atoms with E-state index in [0.717, 1.165) is 10.1 Å². The third-order valence-corrected chi connectivity index (χ3v) is 4.98. The predicted octanol–water partition coefficient (Wildman–Crippen LogP) is 2.40. The third kappa shape index (κ3) is 3.48. The Morgan fingerprint density at radius 1 is 1.08 bits per heavy atom. The van der Waals surface area contributed by atoms with E-state index >= 15 is 0 Å². The topological polar surface area (TPSA) is 69.8 Å². The molecule has 3 rings (SSSR count). The van der Waals surface area contributed by atoms with Gasteiger partial charge in [0.25, 0.3) is 5.56 Å². The second-order valence-electron chi connectivity index (χ2n) is 5.83. The summed E-state index contributed by atoms with van der Waals surface area (Å²) in [7, 11) is 3.10. The van der Waals surface area contributed by atoms with E-state index < -0.39 is 0 Å². The van der Waals surface area contributed by atoms with Crippen LogP contribution < -0.4 is 11.2 Å². The Balaban J connectivity index is 2.00. The number of benzene rings is 1. The van der Waals surface area contributed by atoms with Gasteiger partial charge in [0.1, 0.15) is 16.2 Å². The van der Waals surface area contributed by atoms with E-state index in [1.807, 2.05) is 49.4 Å². The van der Waals surface area contributed by atoms with Gasteiger partial charge in [-0.05, 0) is 5.56 Å². The summed E-state index contributed by atoms with van der Waals surface area (Å²) in [6.07, 6.45) is 4.70. The molecule has 0 saturated heterocycles. The number of rotatable bonds is 5. The molecule has 3 aromatic rings. The summed E-state index contributed by atoms with van der Waals surface area (Å²) >= 11 is 1.47. The van der Waals surface area contributed by atoms with Crippen LogP contribution in [-0.2, 0) is 20.5 Å². The van der Waals surface area contributed by atoms with Gasteiger partial charge in [-0.15, -0.1) is 11.8 Å². The number of aryl methyl sites for hydroxylation is 2. The number of nitrogens with zero attached hydrogens (tertiary/aromatic N) is 4. The first-order chi connectivity index (χ1) is 12.5. The van der Waals surface area contributed by atoms with Gasteiger partial charge in [0.15, 0.2) is 5.65 Å². The van der Waals surface area contributed by atoms with Crippen LogP contribution in [0.25, 0.3) is 17.1 Å². The van der Waals surface area contributed by atoms with Crippen LogP contribution >= 0.6 is 11.8 Å². The van der Waals surface area contributed by atoms with Crippen molar-refractivity contribution in [3.8, 4) is 0 Å². The van der Waals surface area contributed by atoms with Crippen molar-refractivity contribution in [2.24, 2.45) is 14.1 Å². The highest BCUT2D eigenvalue weighted by Gasteiger charge is 2.16. The summed E-state index contributed by atoms with van der Waals surface area (Å²) in [6, 6.07) is 10.0. The first-order valence-corrected chi connectivity index (χ1v) is 9.32. The Hall–Kier alpha value is -2.67. The Morgan fingerprint density at radius 2 is 1.81 bits per heavy atom. The fourth-order valence-electron chi connectivity index (χ4n) is 2.61. The molecular weight excluding hydrogens is 348 g/mol. The lowest BCUT2D eigenvalue weighted by molar-refractivity contribution is 0.698. The molecule has 0 aliphatic rings. The van der Waals surface area contributed by atoms with Gasteiger partial charge in [-0.1, -0.05) is 49.4 Å². The van der Waals surface area contributed by atoms with Crippen LogP contribution in [0.3, 0.4) is 0 Å². The minimum Gasteiger partial charge on any atom is -0.280 e. The molecular formula is C19H20N4O2S. The minimum atomic E-state index is -0.386. The first-order valence-electron chi connectivity index (χ1n) is 8.34. The predicted molar refractivity (Wildman–Crippen MR) is 106 cm³/mol. The number of aromatic nitrogens is 4. The largest absolute Gasteiger partial charge is 0.332 e. The lowest BCUT2D eigenvalue weighted by Crippen LogP contribution is -2.37. The molecule has 2 heterocycles. The van der Waals surface area contributed by atoms with E-state index in [-0.39, 0.29) is 11.2 Å². The molecule has 0 aliphatic heterocycles. The van der Waals surface area contributed by atoms with Crippen molar-refractivity contribution >= 4 is 28.9 Å². The second kappa shape index (κ2) is 7.70. The van der Waals surface area contributed by atoms with Crippen molar-refractivity contribution in [3.63, 3.8) is 0 Å². The van der Waals surface area contributed by atoms with Crippen molar-refractivity contribution in [3.05, 3.63) is 68.6 Å². The monoisotopic (exact) mass is 368 g/mol. The van der Waals surface area contributed by atoms with Crippen LogP contribution in [-0.4, -0.2) is 24.9 Å². The zero-order valence-electron chi connectivity index (χ0n) is 15.0. The lowest BCUT2D eigenvalue weighted by Gasteiger charge is -2.10. The molecule has 26 heavy (non-hydrogen) atoms. The minimum absolute atomic E-state index is 0.361. The fourth-order valence-corrected chi connectivity index (χ4v) is 3.45. The fraction of sp³-hybridized carbons (Fsp3) is 0.263. The standard InChI is InChI=1S/C19H20N4O2S/c1-4-14-20-16-15(18(24)23(3)19(25)22(16)2)17(21-14)26-12-8-11-13-9-6-5-7-10-13/h5-11H,4,12H2,1-3H3/b11-8+. The van der Waals surface area contributed by atoms with E-state index in [1.54, 1.807) is 7.05 Å². The Kier molecular flexibility index (Phi) is 5.37. The van der Waals surface area contributed by atoms with E-state index in [0.29, 0.717) is 34.1 Å². The molecule has 0 radical (unpaired) electrons. The molecule has 1 aromatic carbocycles. The summed E-state index contributed by atoms with van der Waals surface area (Å²) in [5, 5.41) is 1.01. The molecule has 7 heteroatoms. The summed E-state index contributed by atoms with van der Waals surface area (Å²) in [5.41, 5.74) is 0.760. The van der Waals surface area contributed by atoms with Gasteiger partial charge in [-0.3, -0.25) is 13.9 Å². The molecule has 0 aliphatic carbocycles. The van der Waals surface area contributed by atoms with Gasteiger partial charge in [0.05, 0.1) is 0 Å². The SMILES string of the molecule is CCc1nc(SC/C=C/c2ccccc2)c2c(=O)n(C)c(=O)n(C)c2n1. The Morgan fingerprint density at radius 3 is 2.50 bits per heavy atom. The van der Waals surface area contributed by atoms with Crippen molar-refractivity contribution in [2.45, 2.75) is 18.4 Å². The smallest absolute Gasteiger partial charge is 0.280 e. The van der Waals surface area contributed by atoms with Crippen LogP contribution in [0.2, 0.25) is 0 Å². The molecule has 0 atom stereocenters. The van der Waals surface area contributed by atoms with Crippen LogP contribution in [0.4, 0.5) is 0 Å². The molecule has 0 fully saturated rings. The van der Waals surface area contributed by atoms with Crippen LogP contribution in [0.1, 0.15) is 18.3 Å². The van der Waals surface area contributed by atoms with Crippen LogP contribution in [0, 0.1) is 0 Å². The van der Waals surface area contributed by atoms with Gasteiger partial charge in [0, 0.05) is 26.3 Å². The van der Waals surface area contributed by atoms with Crippen molar-refractivity contribution in [1.29, 1.82) is 0 Å². The zero-order chi connectivity index (χ0) is 18.7. The highest BCUT2D eigenvalue weighted by molar-refractivity contribution is 7.99. The Labute approximate surface area is 155 Å². The summed E-state index contributed by atoms with van der Waals surface area (Å²) in [4.78, 5) is 33.7. The molecule has 0 spiro atoms. The maximum Gasteiger partial charge on any atom is 0.332 e. The molecule has 0 unspecified atom stereocenters. The maximum atomic E-state index is 12.6. The third-order valence-electron chi connectivity index (χ3n) is 4.06. The zero-order valence-corrected chi connectivity index (χ0v) is 15.8. The molecule has 6 nitrogen and oxygen atoms in total.